The molecule has 38 heavy (non-hydrogen) atoms. The van der Waals surface area contributed by atoms with Crippen molar-refractivity contribution in [1.82, 2.24) is 0 Å². The van der Waals surface area contributed by atoms with Gasteiger partial charge in [-0.05, 0) is 98.3 Å². The zero-order valence-corrected chi connectivity index (χ0v) is 27.2. The van der Waals surface area contributed by atoms with Crippen LogP contribution in [0.3, 0.4) is 0 Å². The zero-order valence-electron chi connectivity index (χ0n) is 25.2. The molecule has 2 nitrogen and oxygen atoms in total. The first kappa shape index (κ1) is 28.8. The maximum Gasteiger partial charge on any atom is 0.192 e. The van der Waals surface area contributed by atoms with E-state index in [0.717, 1.165) is 0 Å². The molecule has 0 fully saturated rings. The SMILES string of the molecule is CC(C)(C)[Si](C)(C)OCc1cc(CO[Si](C)(C)C(C)(C)C)cc(-c2ccc3ccc4ccccc4c3c2)c1. The average Bonchev–Trinajstić information content (AvgIpc) is 2.84. The first-order valence-electron chi connectivity index (χ1n) is 13.9. The molecule has 4 rings (SSSR count). The lowest BCUT2D eigenvalue weighted by Crippen LogP contribution is -2.40. The van der Waals surface area contributed by atoms with Crippen molar-refractivity contribution in [2.75, 3.05) is 0 Å². The standard InChI is InChI=1S/C34H46O2Si2/c1-33(2,3)37(7,8)35-23-25-19-26(24-36-38(9,10)34(4,5)6)21-30(20-25)29-18-17-28-16-15-27-13-11-12-14-31(27)32(28)22-29/h11-22H,23-24H2,1-10H3. The van der Waals surface area contributed by atoms with Gasteiger partial charge in [0.15, 0.2) is 16.6 Å². The molecule has 4 heteroatoms. The van der Waals surface area contributed by atoms with Gasteiger partial charge < -0.3 is 8.85 Å². The average molecular weight is 543 g/mol. The third kappa shape index (κ3) is 6.15. The quantitative estimate of drug-likeness (QED) is 0.171. The maximum atomic E-state index is 6.66. The highest BCUT2D eigenvalue weighted by Crippen LogP contribution is 2.39. The Morgan fingerprint density at radius 3 is 1.53 bits per heavy atom. The Hall–Kier alpha value is -2.25. The Morgan fingerprint density at radius 1 is 0.526 bits per heavy atom. The molecule has 0 amide bonds. The molecule has 0 radical (unpaired) electrons. The van der Waals surface area contributed by atoms with Crippen LogP contribution in [0.2, 0.25) is 36.3 Å². The molecule has 0 saturated carbocycles. The summed E-state index contributed by atoms with van der Waals surface area (Å²) in [6, 6.07) is 26.9. The van der Waals surface area contributed by atoms with Crippen LogP contribution in [-0.4, -0.2) is 16.6 Å². The molecule has 0 unspecified atom stereocenters. The van der Waals surface area contributed by atoms with E-state index < -0.39 is 16.6 Å². The van der Waals surface area contributed by atoms with E-state index in [4.69, 9.17) is 8.85 Å². The van der Waals surface area contributed by atoms with Gasteiger partial charge in [-0.3, -0.25) is 0 Å². The lowest BCUT2D eigenvalue weighted by Gasteiger charge is -2.36. The van der Waals surface area contributed by atoms with Crippen LogP contribution in [0.5, 0.6) is 0 Å². The number of benzene rings is 4. The predicted octanol–water partition coefficient (Wildman–Crippen LogP) is 10.7. The molecule has 0 aliphatic rings. The second-order valence-corrected chi connectivity index (χ2v) is 23.5. The van der Waals surface area contributed by atoms with Gasteiger partial charge in [0.2, 0.25) is 0 Å². The summed E-state index contributed by atoms with van der Waals surface area (Å²) in [7, 11) is -3.73. The van der Waals surface area contributed by atoms with Crippen LogP contribution in [0.25, 0.3) is 32.7 Å². The van der Waals surface area contributed by atoms with Gasteiger partial charge in [0.1, 0.15) is 0 Å². The monoisotopic (exact) mass is 542 g/mol. The molecule has 0 N–H and O–H groups in total. The molecular weight excluding hydrogens is 497 g/mol. The van der Waals surface area contributed by atoms with Gasteiger partial charge in [0.05, 0.1) is 13.2 Å². The number of rotatable bonds is 7. The van der Waals surface area contributed by atoms with Gasteiger partial charge in [-0.1, -0.05) is 96.1 Å². The van der Waals surface area contributed by atoms with Crippen LogP contribution < -0.4 is 0 Å². The van der Waals surface area contributed by atoms with E-state index in [0.29, 0.717) is 13.2 Å². The van der Waals surface area contributed by atoms with Gasteiger partial charge in [0.25, 0.3) is 0 Å². The molecule has 0 spiro atoms. The Kier molecular flexibility index (Phi) is 7.86. The summed E-state index contributed by atoms with van der Waals surface area (Å²) in [5, 5.41) is 5.49. The number of hydrogen-bond acceptors (Lipinski definition) is 2. The van der Waals surface area contributed by atoms with Crippen LogP contribution in [0, 0.1) is 0 Å². The van der Waals surface area contributed by atoms with E-state index in [9.17, 15) is 0 Å². The molecular formula is C34H46O2Si2. The molecule has 0 atom stereocenters. The summed E-state index contributed by atoms with van der Waals surface area (Å²) in [5.74, 6) is 0. The third-order valence-electron chi connectivity index (χ3n) is 8.94. The fraction of sp³-hybridized carbons (Fsp3) is 0.412. The number of hydrogen-bond donors (Lipinski definition) is 0. The predicted molar refractivity (Wildman–Crippen MR) is 171 cm³/mol. The summed E-state index contributed by atoms with van der Waals surface area (Å²) >= 11 is 0. The summed E-state index contributed by atoms with van der Waals surface area (Å²) in [6.07, 6.45) is 0. The maximum absolute atomic E-state index is 6.66. The van der Waals surface area contributed by atoms with Crippen LogP contribution in [0.15, 0.2) is 72.8 Å². The summed E-state index contributed by atoms with van der Waals surface area (Å²) in [4.78, 5) is 0. The van der Waals surface area contributed by atoms with Gasteiger partial charge in [-0.25, -0.2) is 0 Å². The molecule has 0 bridgehead atoms. The van der Waals surface area contributed by atoms with Crippen molar-refractivity contribution in [2.45, 2.75) is 91.0 Å². The summed E-state index contributed by atoms with van der Waals surface area (Å²) in [5.41, 5.74) is 4.90. The fourth-order valence-corrected chi connectivity index (χ4v) is 6.16. The largest absolute Gasteiger partial charge is 0.413 e. The summed E-state index contributed by atoms with van der Waals surface area (Å²) in [6.45, 7) is 24.4. The second-order valence-electron chi connectivity index (χ2n) is 13.9. The zero-order chi connectivity index (χ0) is 27.9. The molecule has 0 aliphatic carbocycles. The highest BCUT2D eigenvalue weighted by atomic mass is 28.4. The van der Waals surface area contributed by atoms with Crippen molar-refractivity contribution in [1.29, 1.82) is 0 Å². The lowest BCUT2D eigenvalue weighted by atomic mass is 9.95. The Morgan fingerprint density at radius 2 is 1.00 bits per heavy atom. The topological polar surface area (TPSA) is 18.5 Å². The van der Waals surface area contributed by atoms with Crippen molar-refractivity contribution in [3.8, 4) is 11.1 Å². The molecule has 4 aromatic rings. The third-order valence-corrected chi connectivity index (χ3v) is 17.9. The highest BCUT2D eigenvalue weighted by Gasteiger charge is 2.38. The van der Waals surface area contributed by atoms with Crippen molar-refractivity contribution < 1.29 is 8.85 Å². The van der Waals surface area contributed by atoms with Crippen LogP contribution in [-0.2, 0) is 22.1 Å². The Balaban J connectivity index is 1.75. The normalized spacial score (nSPS) is 13.4. The van der Waals surface area contributed by atoms with Crippen molar-refractivity contribution >= 4 is 38.2 Å². The fourth-order valence-electron chi connectivity index (χ4n) is 4.24. The van der Waals surface area contributed by atoms with Crippen molar-refractivity contribution in [3.63, 3.8) is 0 Å². The van der Waals surface area contributed by atoms with Crippen LogP contribution >= 0.6 is 0 Å². The Bertz CT molecular complexity index is 1390. The van der Waals surface area contributed by atoms with E-state index in [-0.39, 0.29) is 10.1 Å². The molecule has 0 aliphatic heterocycles. The van der Waals surface area contributed by atoms with E-state index in [2.05, 4.69) is 141 Å². The van der Waals surface area contributed by atoms with Crippen LogP contribution in [0.1, 0.15) is 52.7 Å². The minimum absolute atomic E-state index is 0.179. The highest BCUT2D eigenvalue weighted by molar-refractivity contribution is 6.74. The van der Waals surface area contributed by atoms with Crippen molar-refractivity contribution in [2.24, 2.45) is 0 Å². The smallest absolute Gasteiger partial charge is 0.192 e. The van der Waals surface area contributed by atoms with E-state index in [1.54, 1.807) is 0 Å². The van der Waals surface area contributed by atoms with Gasteiger partial charge in [-0.15, -0.1) is 0 Å². The molecule has 4 aromatic carbocycles. The molecule has 0 heterocycles. The molecule has 202 valence electrons. The number of fused-ring (bicyclic) bond motifs is 3. The van der Waals surface area contributed by atoms with E-state index in [1.807, 2.05) is 0 Å². The minimum atomic E-state index is -1.87. The molecule has 0 aromatic heterocycles. The van der Waals surface area contributed by atoms with Crippen LogP contribution in [0.4, 0.5) is 0 Å². The van der Waals surface area contributed by atoms with Crippen molar-refractivity contribution in [3.05, 3.63) is 83.9 Å². The molecule has 0 saturated heterocycles. The minimum Gasteiger partial charge on any atom is -0.413 e. The Labute approximate surface area is 232 Å². The van der Waals surface area contributed by atoms with E-state index >= 15 is 0 Å². The first-order valence-corrected chi connectivity index (χ1v) is 19.7. The lowest BCUT2D eigenvalue weighted by molar-refractivity contribution is 0.271. The summed E-state index contributed by atoms with van der Waals surface area (Å²) < 4.78 is 13.3. The van der Waals surface area contributed by atoms with Gasteiger partial charge in [0, 0.05) is 0 Å². The van der Waals surface area contributed by atoms with Gasteiger partial charge >= 0.3 is 0 Å². The second kappa shape index (κ2) is 10.4. The first-order chi connectivity index (χ1) is 17.6. The van der Waals surface area contributed by atoms with Gasteiger partial charge in [-0.2, -0.15) is 0 Å². The van der Waals surface area contributed by atoms with E-state index in [1.165, 1.54) is 43.8 Å².